The van der Waals surface area contributed by atoms with Crippen molar-refractivity contribution in [3.8, 4) is 0 Å². The smallest absolute Gasteiger partial charge is 0.374 e. The van der Waals surface area contributed by atoms with E-state index in [1.807, 2.05) is 0 Å². The lowest BCUT2D eigenvalue weighted by Gasteiger charge is -2.38. The fourth-order valence-electron chi connectivity index (χ4n) is 2.99. The molecule has 3 N–H and O–H groups in total. The molecule has 0 spiro atoms. The molecule has 3 atom stereocenters. The second-order valence-electron chi connectivity index (χ2n) is 5.44. The maximum absolute atomic E-state index is 12.1. The summed E-state index contributed by atoms with van der Waals surface area (Å²) in [5, 5.41) is 0. The van der Waals surface area contributed by atoms with E-state index in [2.05, 4.69) is 10.3 Å². The first-order valence-electron chi connectivity index (χ1n) is 6.88. The van der Waals surface area contributed by atoms with Gasteiger partial charge in [-0.3, -0.25) is 16.2 Å². The van der Waals surface area contributed by atoms with Gasteiger partial charge in [0.1, 0.15) is 0 Å². The Labute approximate surface area is 111 Å². The Morgan fingerprint density at radius 1 is 1.42 bits per heavy atom. The molecular weight excluding hydrogens is 259 g/mol. The minimum absolute atomic E-state index is 0.0850. The van der Waals surface area contributed by atoms with Crippen molar-refractivity contribution in [1.82, 2.24) is 10.3 Å². The molecule has 0 saturated carbocycles. The number of alkyl halides is 3. The standard InChI is InChI=1S/C12H22F3N3O/c13-12(14,15)5-1-4-10(17-16)11-7-18-6-2-3-9(18)8-19-11/h9-11,17H,1-8,16H2. The third kappa shape index (κ3) is 4.30. The quantitative estimate of drug-likeness (QED) is 0.591. The second-order valence-corrected chi connectivity index (χ2v) is 5.44. The molecule has 0 radical (unpaired) electrons. The molecule has 2 aliphatic rings. The van der Waals surface area contributed by atoms with Crippen LogP contribution in [0.25, 0.3) is 0 Å². The van der Waals surface area contributed by atoms with Crippen LogP contribution in [0.3, 0.4) is 0 Å². The molecule has 2 heterocycles. The molecule has 112 valence electrons. The van der Waals surface area contributed by atoms with Gasteiger partial charge in [-0.15, -0.1) is 0 Å². The van der Waals surface area contributed by atoms with Gasteiger partial charge in [-0.05, 0) is 32.2 Å². The second kappa shape index (κ2) is 6.39. The first kappa shape index (κ1) is 15.0. The molecule has 3 unspecified atom stereocenters. The number of morpholine rings is 1. The monoisotopic (exact) mass is 281 g/mol. The van der Waals surface area contributed by atoms with Gasteiger partial charge in [0, 0.05) is 25.0 Å². The lowest BCUT2D eigenvalue weighted by Crippen LogP contribution is -2.55. The summed E-state index contributed by atoms with van der Waals surface area (Å²) in [5.74, 6) is 5.46. The van der Waals surface area contributed by atoms with Crippen molar-refractivity contribution < 1.29 is 17.9 Å². The predicted octanol–water partition coefficient (Wildman–Crippen LogP) is 1.41. The van der Waals surface area contributed by atoms with Crippen molar-refractivity contribution in [2.24, 2.45) is 5.84 Å². The van der Waals surface area contributed by atoms with E-state index >= 15 is 0 Å². The van der Waals surface area contributed by atoms with Gasteiger partial charge < -0.3 is 4.74 Å². The first-order chi connectivity index (χ1) is 8.99. The number of hydrazine groups is 1. The average molecular weight is 281 g/mol. The van der Waals surface area contributed by atoms with Crippen LogP contribution >= 0.6 is 0 Å². The van der Waals surface area contributed by atoms with Crippen LogP contribution in [-0.2, 0) is 4.74 Å². The number of halogens is 3. The highest BCUT2D eigenvalue weighted by Crippen LogP contribution is 2.26. The minimum Gasteiger partial charge on any atom is -0.374 e. The van der Waals surface area contributed by atoms with Crippen LogP contribution < -0.4 is 11.3 Å². The summed E-state index contributed by atoms with van der Waals surface area (Å²) < 4.78 is 42.2. The van der Waals surface area contributed by atoms with Crippen molar-refractivity contribution in [3.05, 3.63) is 0 Å². The van der Waals surface area contributed by atoms with Crippen LogP contribution in [0.1, 0.15) is 32.1 Å². The van der Waals surface area contributed by atoms with E-state index in [1.54, 1.807) is 0 Å². The van der Waals surface area contributed by atoms with E-state index in [1.165, 1.54) is 6.42 Å². The summed E-state index contributed by atoms with van der Waals surface area (Å²) in [7, 11) is 0. The maximum Gasteiger partial charge on any atom is 0.389 e. The summed E-state index contributed by atoms with van der Waals surface area (Å²) in [5.41, 5.74) is 2.62. The van der Waals surface area contributed by atoms with Crippen molar-refractivity contribution in [2.75, 3.05) is 19.7 Å². The number of nitrogens with two attached hydrogens (primary N) is 1. The summed E-state index contributed by atoms with van der Waals surface area (Å²) in [4.78, 5) is 2.36. The number of ether oxygens (including phenoxy) is 1. The zero-order valence-electron chi connectivity index (χ0n) is 11.0. The van der Waals surface area contributed by atoms with E-state index in [4.69, 9.17) is 10.6 Å². The lowest BCUT2D eigenvalue weighted by atomic mass is 10.0. The van der Waals surface area contributed by atoms with Crippen LogP contribution in [0.4, 0.5) is 13.2 Å². The number of nitrogens with zero attached hydrogens (tertiary/aromatic N) is 1. The van der Waals surface area contributed by atoms with Gasteiger partial charge in [-0.1, -0.05) is 0 Å². The van der Waals surface area contributed by atoms with Gasteiger partial charge in [0.05, 0.1) is 12.7 Å². The number of hydrogen-bond donors (Lipinski definition) is 2. The average Bonchev–Trinajstić information content (AvgIpc) is 2.80. The van der Waals surface area contributed by atoms with Gasteiger partial charge in [0.15, 0.2) is 0 Å². The molecule has 2 aliphatic heterocycles. The highest BCUT2D eigenvalue weighted by molar-refractivity contribution is 4.89. The van der Waals surface area contributed by atoms with Crippen LogP contribution in [-0.4, -0.2) is 49.0 Å². The fraction of sp³-hybridized carbons (Fsp3) is 1.00. The summed E-state index contributed by atoms with van der Waals surface area (Å²) in [6, 6.07) is 0.286. The fourth-order valence-corrected chi connectivity index (χ4v) is 2.99. The molecule has 0 aromatic heterocycles. The van der Waals surface area contributed by atoms with Gasteiger partial charge in [0.25, 0.3) is 0 Å². The predicted molar refractivity (Wildman–Crippen MR) is 65.4 cm³/mol. The normalized spacial score (nSPS) is 30.3. The van der Waals surface area contributed by atoms with Crippen molar-refractivity contribution in [2.45, 2.75) is 56.5 Å². The van der Waals surface area contributed by atoms with E-state index in [0.29, 0.717) is 19.1 Å². The molecule has 2 saturated heterocycles. The lowest BCUT2D eigenvalue weighted by molar-refractivity contribution is -0.136. The Hall–Kier alpha value is -0.370. The highest BCUT2D eigenvalue weighted by Gasteiger charge is 2.36. The third-order valence-electron chi connectivity index (χ3n) is 4.05. The van der Waals surface area contributed by atoms with E-state index in [-0.39, 0.29) is 18.6 Å². The molecule has 0 amide bonds. The molecule has 7 heteroatoms. The summed E-state index contributed by atoms with van der Waals surface area (Å²) in [6.07, 6.45) is -2.15. The molecule has 4 nitrogen and oxygen atoms in total. The topological polar surface area (TPSA) is 50.5 Å². The molecule has 19 heavy (non-hydrogen) atoms. The SMILES string of the molecule is NNC(CCCC(F)(F)F)C1CN2CCCC2CO1. The molecule has 2 rings (SSSR count). The van der Waals surface area contributed by atoms with Crippen molar-refractivity contribution in [1.29, 1.82) is 0 Å². The minimum atomic E-state index is -4.09. The molecule has 0 aromatic rings. The van der Waals surface area contributed by atoms with Gasteiger partial charge in [0.2, 0.25) is 0 Å². The largest absolute Gasteiger partial charge is 0.389 e. The zero-order chi connectivity index (χ0) is 13.9. The van der Waals surface area contributed by atoms with E-state index in [0.717, 1.165) is 19.5 Å². The number of rotatable bonds is 5. The van der Waals surface area contributed by atoms with Crippen molar-refractivity contribution in [3.63, 3.8) is 0 Å². The summed E-state index contributed by atoms with van der Waals surface area (Å²) in [6.45, 7) is 2.50. The zero-order valence-corrected chi connectivity index (χ0v) is 11.0. The Kier molecular flexibility index (Phi) is 5.05. The van der Waals surface area contributed by atoms with Crippen LogP contribution in [0.5, 0.6) is 0 Å². The third-order valence-corrected chi connectivity index (χ3v) is 4.05. The van der Waals surface area contributed by atoms with Crippen molar-refractivity contribution >= 4 is 0 Å². The first-order valence-corrected chi connectivity index (χ1v) is 6.88. The molecule has 0 aliphatic carbocycles. The van der Waals surface area contributed by atoms with Crippen LogP contribution in [0.15, 0.2) is 0 Å². The molecule has 0 aromatic carbocycles. The molecule has 2 fully saturated rings. The Morgan fingerprint density at radius 3 is 2.89 bits per heavy atom. The molecular formula is C12H22F3N3O. The number of fused-ring (bicyclic) bond motifs is 1. The van der Waals surface area contributed by atoms with E-state index < -0.39 is 12.6 Å². The number of hydrogen-bond acceptors (Lipinski definition) is 4. The van der Waals surface area contributed by atoms with E-state index in [9.17, 15) is 13.2 Å². The highest BCUT2D eigenvalue weighted by atomic mass is 19.4. The number of nitrogens with one attached hydrogen (secondary N) is 1. The Balaban J connectivity index is 1.77. The van der Waals surface area contributed by atoms with Gasteiger partial charge in [-0.2, -0.15) is 13.2 Å². The van der Waals surface area contributed by atoms with Crippen LogP contribution in [0.2, 0.25) is 0 Å². The Bertz CT molecular complexity index is 288. The Morgan fingerprint density at radius 2 is 2.21 bits per heavy atom. The summed E-state index contributed by atoms with van der Waals surface area (Å²) >= 11 is 0. The van der Waals surface area contributed by atoms with Gasteiger partial charge in [-0.25, -0.2) is 0 Å². The van der Waals surface area contributed by atoms with Crippen LogP contribution in [0, 0.1) is 0 Å². The molecule has 0 bridgehead atoms. The maximum atomic E-state index is 12.1. The van der Waals surface area contributed by atoms with Gasteiger partial charge >= 0.3 is 6.18 Å².